The molecular formula is C24H28FNO. The minimum absolute atomic E-state index is 0.0761. The molecule has 2 aliphatic rings. The van der Waals surface area contributed by atoms with Crippen molar-refractivity contribution in [2.24, 2.45) is 5.92 Å². The molecule has 0 aromatic heterocycles. The third-order valence-electron chi connectivity index (χ3n) is 6.43. The lowest BCUT2D eigenvalue weighted by molar-refractivity contribution is -0.126. The van der Waals surface area contributed by atoms with E-state index in [1.807, 2.05) is 6.07 Å². The van der Waals surface area contributed by atoms with Crippen LogP contribution in [0.25, 0.3) is 0 Å². The van der Waals surface area contributed by atoms with E-state index >= 15 is 0 Å². The van der Waals surface area contributed by atoms with Gasteiger partial charge in [-0.05, 0) is 49.3 Å². The third kappa shape index (κ3) is 3.98. The molecule has 0 aliphatic carbocycles. The van der Waals surface area contributed by atoms with E-state index < -0.39 is 0 Å². The first-order chi connectivity index (χ1) is 13.1. The summed E-state index contributed by atoms with van der Waals surface area (Å²) in [4.78, 5) is 15.6. The molecule has 2 aromatic rings. The second-order valence-corrected chi connectivity index (χ2v) is 8.26. The van der Waals surface area contributed by atoms with Gasteiger partial charge in [0.1, 0.15) is 11.6 Å². The Kier molecular flexibility index (Phi) is 5.40. The smallest absolute Gasteiger partial charge is 0.140 e. The SMILES string of the molecule is Cc1cccc(CC(=O)C2CC3CCCC(C2)N3Cc2ccccc2)c1F. The van der Waals surface area contributed by atoms with Crippen LogP contribution >= 0.6 is 0 Å². The van der Waals surface area contributed by atoms with Crippen LogP contribution in [-0.2, 0) is 17.8 Å². The number of ketones is 1. The van der Waals surface area contributed by atoms with Crippen molar-refractivity contribution in [2.75, 3.05) is 0 Å². The van der Waals surface area contributed by atoms with Crippen LogP contribution in [0.2, 0.25) is 0 Å². The normalized spacial score (nSPS) is 25.3. The van der Waals surface area contributed by atoms with E-state index in [1.165, 1.54) is 24.8 Å². The standard InChI is InChI=1S/C24H28FNO/c1-17-7-5-10-19(24(17)25)15-23(27)20-13-21-11-6-12-22(14-20)26(21)16-18-8-3-2-4-9-18/h2-5,7-10,20-22H,6,11-16H2,1H3. The lowest BCUT2D eigenvalue weighted by Gasteiger charge is -2.48. The summed E-state index contributed by atoms with van der Waals surface area (Å²) in [6, 6.07) is 16.9. The van der Waals surface area contributed by atoms with Crippen molar-refractivity contribution in [1.82, 2.24) is 4.90 Å². The highest BCUT2D eigenvalue weighted by Gasteiger charge is 2.40. The Morgan fingerprint density at radius 1 is 1.04 bits per heavy atom. The second-order valence-electron chi connectivity index (χ2n) is 8.26. The first-order valence-electron chi connectivity index (χ1n) is 10.2. The van der Waals surface area contributed by atoms with Crippen LogP contribution in [0.4, 0.5) is 4.39 Å². The predicted molar refractivity (Wildman–Crippen MR) is 106 cm³/mol. The Morgan fingerprint density at radius 2 is 1.74 bits per heavy atom. The van der Waals surface area contributed by atoms with E-state index in [1.54, 1.807) is 19.1 Å². The molecule has 2 aromatic carbocycles. The average Bonchev–Trinajstić information content (AvgIpc) is 2.66. The Morgan fingerprint density at radius 3 is 2.44 bits per heavy atom. The van der Waals surface area contributed by atoms with Crippen LogP contribution < -0.4 is 0 Å². The van der Waals surface area contributed by atoms with Crippen molar-refractivity contribution < 1.29 is 9.18 Å². The number of benzene rings is 2. The fourth-order valence-corrected chi connectivity index (χ4v) is 4.97. The van der Waals surface area contributed by atoms with E-state index in [4.69, 9.17) is 0 Å². The summed E-state index contributed by atoms with van der Waals surface area (Å²) < 4.78 is 14.3. The van der Waals surface area contributed by atoms with Gasteiger partial charge in [0.15, 0.2) is 0 Å². The molecule has 0 spiro atoms. The molecule has 27 heavy (non-hydrogen) atoms. The third-order valence-corrected chi connectivity index (χ3v) is 6.43. The molecule has 2 fully saturated rings. The summed E-state index contributed by atoms with van der Waals surface area (Å²) in [6.45, 7) is 2.74. The minimum atomic E-state index is -0.215. The number of carbonyl (C=O) groups excluding carboxylic acids is 1. The van der Waals surface area contributed by atoms with Crippen LogP contribution in [0.5, 0.6) is 0 Å². The summed E-state index contributed by atoms with van der Waals surface area (Å²) in [7, 11) is 0. The van der Waals surface area contributed by atoms with Gasteiger partial charge in [-0.25, -0.2) is 4.39 Å². The highest BCUT2D eigenvalue weighted by Crippen LogP contribution is 2.38. The van der Waals surface area contributed by atoms with Gasteiger partial charge in [-0.2, -0.15) is 0 Å². The Hall–Kier alpha value is -2.00. The number of halogens is 1. The molecule has 2 saturated heterocycles. The molecule has 4 rings (SSSR count). The fraction of sp³-hybridized carbons (Fsp3) is 0.458. The number of aryl methyl sites for hydroxylation is 1. The summed E-state index contributed by atoms with van der Waals surface area (Å²) >= 11 is 0. The molecule has 2 aliphatic heterocycles. The first-order valence-corrected chi connectivity index (χ1v) is 10.2. The van der Waals surface area contributed by atoms with Crippen LogP contribution in [0.3, 0.4) is 0 Å². The van der Waals surface area contributed by atoms with Crippen LogP contribution in [0.15, 0.2) is 48.5 Å². The minimum Gasteiger partial charge on any atom is -0.299 e. The van der Waals surface area contributed by atoms with Gasteiger partial charge in [0.25, 0.3) is 0 Å². The highest BCUT2D eigenvalue weighted by atomic mass is 19.1. The molecule has 0 saturated carbocycles. The van der Waals surface area contributed by atoms with Gasteiger partial charge < -0.3 is 0 Å². The van der Waals surface area contributed by atoms with Gasteiger partial charge in [0.2, 0.25) is 0 Å². The summed E-state index contributed by atoms with van der Waals surface area (Å²) in [5.74, 6) is 0.0792. The van der Waals surface area contributed by atoms with Gasteiger partial charge in [-0.3, -0.25) is 9.69 Å². The van der Waals surface area contributed by atoms with Crippen LogP contribution in [0, 0.1) is 18.7 Å². The predicted octanol–water partition coefficient (Wildman–Crippen LogP) is 5.08. The van der Waals surface area contributed by atoms with E-state index in [9.17, 15) is 9.18 Å². The number of carbonyl (C=O) groups is 1. The zero-order valence-electron chi connectivity index (χ0n) is 16.0. The Labute approximate surface area is 161 Å². The zero-order chi connectivity index (χ0) is 18.8. The maximum absolute atomic E-state index is 14.3. The van der Waals surface area contributed by atoms with Crippen LogP contribution in [0.1, 0.15) is 48.8 Å². The number of hydrogen-bond donors (Lipinski definition) is 0. The molecule has 2 heterocycles. The monoisotopic (exact) mass is 365 g/mol. The molecule has 0 N–H and O–H groups in total. The molecular weight excluding hydrogens is 337 g/mol. The zero-order valence-corrected chi connectivity index (χ0v) is 16.0. The second kappa shape index (κ2) is 7.93. The number of piperidine rings is 2. The quantitative estimate of drug-likeness (QED) is 0.736. The number of fused-ring (bicyclic) bond motifs is 2. The summed E-state index contributed by atoms with van der Waals surface area (Å²) in [5.41, 5.74) is 2.52. The van der Waals surface area contributed by atoms with E-state index in [0.29, 0.717) is 23.2 Å². The van der Waals surface area contributed by atoms with E-state index in [0.717, 1.165) is 19.4 Å². The molecule has 2 nitrogen and oxygen atoms in total. The number of Topliss-reactive ketones (excluding diaryl/α,β-unsaturated/α-hetero) is 1. The number of hydrogen-bond acceptors (Lipinski definition) is 2. The van der Waals surface area contributed by atoms with Crippen molar-refractivity contribution in [1.29, 1.82) is 0 Å². The Balaban J connectivity index is 1.45. The summed E-state index contributed by atoms with van der Waals surface area (Å²) in [5, 5.41) is 0. The lowest BCUT2D eigenvalue weighted by atomic mass is 9.75. The van der Waals surface area contributed by atoms with Crippen molar-refractivity contribution in [3.63, 3.8) is 0 Å². The van der Waals surface area contributed by atoms with Crippen molar-refractivity contribution in [3.8, 4) is 0 Å². The van der Waals surface area contributed by atoms with E-state index in [-0.39, 0.29) is 23.9 Å². The van der Waals surface area contributed by atoms with Gasteiger partial charge in [-0.15, -0.1) is 0 Å². The maximum atomic E-state index is 14.3. The lowest BCUT2D eigenvalue weighted by Crippen LogP contribution is -2.52. The number of nitrogens with zero attached hydrogens (tertiary/aromatic N) is 1. The van der Waals surface area contributed by atoms with Crippen molar-refractivity contribution in [3.05, 3.63) is 71.0 Å². The van der Waals surface area contributed by atoms with Gasteiger partial charge in [0, 0.05) is 31.0 Å². The van der Waals surface area contributed by atoms with Gasteiger partial charge >= 0.3 is 0 Å². The molecule has 0 radical (unpaired) electrons. The largest absolute Gasteiger partial charge is 0.299 e. The topological polar surface area (TPSA) is 20.3 Å². The maximum Gasteiger partial charge on any atom is 0.140 e. The summed E-state index contributed by atoms with van der Waals surface area (Å²) in [6.07, 6.45) is 5.69. The van der Waals surface area contributed by atoms with Crippen molar-refractivity contribution >= 4 is 5.78 Å². The Bertz CT molecular complexity index is 789. The van der Waals surface area contributed by atoms with Gasteiger partial charge in [-0.1, -0.05) is 55.0 Å². The van der Waals surface area contributed by atoms with Gasteiger partial charge in [0.05, 0.1) is 0 Å². The number of rotatable bonds is 5. The molecule has 2 unspecified atom stereocenters. The molecule has 2 bridgehead atoms. The van der Waals surface area contributed by atoms with Crippen LogP contribution in [-0.4, -0.2) is 22.8 Å². The van der Waals surface area contributed by atoms with E-state index in [2.05, 4.69) is 35.2 Å². The molecule has 3 heteroatoms. The molecule has 2 atom stereocenters. The van der Waals surface area contributed by atoms with Crippen molar-refractivity contribution in [2.45, 2.75) is 64.1 Å². The first kappa shape index (κ1) is 18.4. The fourth-order valence-electron chi connectivity index (χ4n) is 4.97. The average molecular weight is 365 g/mol. The molecule has 142 valence electrons. The highest BCUT2D eigenvalue weighted by molar-refractivity contribution is 5.83. The molecule has 0 amide bonds.